The number of hydrogen-bond acceptors (Lipinski definition) is 2. The van der Waals surface area contributed by atoms with Crippen LogP contribution in [0.5, 0.6) is 0 Å². The third-order valence-electron chi connectivity index (χ3n) is 4.77. The Morgan fingerprint density at radius 2 is 1.57 bits per heavy atom. The minimum atomic E-state index is -0.708. The van der Waals surface area contributed by atoms with Crippen molar-refractivity contribution >= 4 is 11.7 Å². The highest BCUT2D eigenvalue weighted by Gasteiger charge is 2.69. The fourth-order valence-corrected chi connectivity index (χ4v) is 3.64. The zero-order valence-electron chi connectivity index (χ0n) is 12.0. The van der Waals surface area contributed by atoms with Gasteiger partial charge in [0, 0.05) is 17.5 Å². The smallest absolute Gasteiger partial charge is 0.310 e. The molecule has 1 aliphatic rings. The molecule has 3 rings (SSSR count). The van der Waals surface area contributed by atoms with Crippen LogP contribution in [0.4, 0.5) is 5.69 Å². The number of carboxylic acid groups (broad SMARTS) is 1. The molecule has 2 aromatic carbocycles. The van der Waals surface area contributed by atoms with Crippen LogP contribution < -0.4 is 5.73 Å². The highest BCUT2D eigenvalue weighted by atomic mass is 16.4. The maximum atomic E-state index is 11.9. The minimum absolute atomic E-state index is 0.0167. The molecule has 1 saturated carbocycles. The van der Waals surface area contributed by atoms with Crippen LogP contribution in [0.3, 0.4) is 0 Å². The summed E-state index contributed by atoms with van der Waals surface area (Å²) in [5.41, 5.74) is 7.90. The third kappa shape index (κ3) is 2.00. The second-order valence-corrected chi connectivity index (χ2v) is 5.73. The van der Waals surface area contributed by atoms with Crippen molar-refractivity contribution in [3.05, 3.63) is 65.7 Å². The van der Waals surface area contributed by atoms with E-state index in [9.17, 15) is 9.90 Å². The lowest BCUT2D eigenvalue weighted by Crippen LogP contribution is -2.17. The molecular formula is C18H19NO2. The zero-order valence-corrected chi connectivity index (χ0v) is 12.0. The number of hydrogen-bond donors (Lipinski definition) is 2. The third-order valence-corrected chi connectivity index (χ3v) is 4.77. The second-order valence-electron chi connectivity index (χ2n) is 5.73. The van der Waals surface area contributed by atoms with Gasteiger partial charge in [-0.3, -0.25) is 4.79 Å². The van der Waals surface area contributed by atoms with Crippen LogP contribution in [0, 0.1) is 5.41 Å². The number of benzene rings is 2. The van der Waals surface area contributed by atoms with Crippen molar-refractivity contribution in [3.63, 3.8) is 0 Å². The van der Waals surface area contributed by atoms with Crippen LogP contribution >= 0.6 is 0 Å². The Hall–Kier alpha value is -2.29. The Balaban J connectivity index is 2.05. The maximum Gasteiger partial charge on any atom is 0.310 e. The summed E-state index contributed by atoms with van der Waals surface area (Å²) in [4.78, 5) is 11.9. The molecule has 3 nitrogen and oxygen atoms in total. The molecule has 0 spiro atoms. The molecule has 2 aromatic rings. The number of carboxylic acids is 1. The van der Waals surface area contributed by atoms with Gasteiger partial charge >= 0.3 is 5.97 Å². The standard InChI is InChI=1S/C18H19NO2/c1-2-18(17(20)21)15(12-6-4-3-5-7-12)16(18)13-8-10-14(19)11-9-13/h3-11,15-16H,2,19H2,1H3,(H,20,21). The van der Waals surface area contributed by atoms with Crippen molar-refractivity contribution in [2.75, 3.05) is 5.73 Å². The van der Waals surface area contributed by atoms with Crippen LogP contribution in [0.25, 0.3) is 0 Å². The van der Waals surface area contributed by atoms with Crippen molar-refractivity contribution < 1.29 is 9.90 Å². The molecule has 21 heavy (non-hydrogen) atoms. The van der Waals surface area contributed by atoms with Crippen LogP contribution in [-0.4, -0.2) is 11.1 Å². The van der Waals surface area contributed by atoms with Gasteiger partial charge in [-0.15, -0.1) is 0 Å². The van der Waals surface area contributed by atoms with Crippen molar-refractivity contribution in [1.82, 2.24) is 0 Å². The van der Waals surface area contributed by atoms with Gasteiger partial charge in [0.15, 0.2) is 0 Å². The van der Waals surface area contributed by atoms with E-state index in [1.807, 2.05) is 61.5 Å². The van der Waals surface area contributed by atoms with Crippen LogP contribution in [0.1, 0.15) is 36.3 Å². The molecule has 0 aliphatic heterocycles. The van der Waals surface area contributed by atoms with Gasteiger partial charge < -0.3 is 10.8 Å². The summed E-state index contributed by atoms with van der Waals surface area (Å²) in [6, 6.07) is 17.5. The van der Waals surface area contributed by atoms with Gasteiger partial charge in [-0.25, -0.2) is 0 Å². The summed E-state index contributed by atoms with van der Waals surface area (Å²) >= 11 is 0. The predicted octanol–water partition coefficient (Wildman–Crippen LogP) is 3.63. The quantitative estimate of drug-likeness (QED) is 0.841. The molecule has 1 fully saturated rings. The highest BCUT2D eigenvalue weighted by molar-refractivity contribution is 5.84. The fourth-order valence-electron chi connectivity index (χ4n) is 3.64. The molecule has 0 bridgehead atoms. The number of aliphatic carboxylic acids is 1. The van der Waals surface area contributed by atoms with Crippen molar-refractivity contribution in [1.29, 1.82) is 0 Å². The Labute approximate surface area is 124 Å². The minimum Gasteiger partial charge on any atom is -0.481 e. The topological polar surface area (TPSA) is 63.3 Å². The molecule has 3 N–H and O–H groups in total. The average Bonchev–Trinajstić information content (AvgIpc) is 3.19. The fraction of sp³-hybridized carbons (Fsp3) is 0.278. The van der Waals surface area contributed by atoms with E-state index < -0.39 is 11.4 Å². The molecule has 0 heterocycles. The van der Waals surface area contributed by atoms with E-state index in [1.165, 1.54) is 0 Å². The van der Waals surface area contributed by atoms with Crippen LogP contribution in [0.15, 0.2) is 54.6 Å². The Kier molecular flexibility index (Phi) is 3.20. The van der Waals surface area contributed by atoms with E-state index in [1.54, 1.807) is 0 Å². The Morgan fingerprint density at radius 3 is 2.05 bits per heavy atom. The summed E-state index contributed by atoms with van der Waals surface area (Å²) in [7, 11) is 0. The SMILES string of the molecule is CCC1(C(=O)O)C(c2ccccc2)C1c1ccc(N)cc1. The lowest BCUT2D eigenvalue weighted by atomic mass is 9.94. The van der Waals surface area contributed by atoms with Gasteiger partial charge in [0.05, 0.1) is 5.41 Å². The van der Waals surface area contributed by atoms with E-state index in [-0.39, 0.29) is 11.8 Å². The first-order chi connectivity index (χ1) is 10.1. The van der Waals surface area contributed by atoms with Gasteiger partial charge in [-0.05, 0) is 29.7 Å². The van der Waals surface area contributed by atoms with Gasteiger partial charge in [0.1, 0.15) is 0 Å². The largest absolute Gasteiger partial charge is 0.481 e. The first kappa shape index (κ1) is 13.7. The zero-order chi connectivity index (χ0) is 15.0. The maximum absolute atomic E-state index is 11.9. The predicted molar refractivity (Wildman–Crippen MR) is 83.1 cm³/mol. The summed E-state index contributed by atoms with van der Waals surface area (Å²) in [5, 5.41) is 9.80. The van der Waals surface area contributed by atoms with E-state index in [2.05, 4.69) is 0 Å². The highest BCUT2D eigenvalue weighted by Crippen LogP contribution is 2.72. The lowest BCUT2D eigenvalue weighted by molar-refractivity contribution is -0.143. The molecule has 0 aromatic heterocycles. The van der Waals surface area contributed by atoms with Crippen molar-refractivity contribution in [3.8, 4) is 0 Å². The molecule has 0 saturated heterocycles. The number of nitrogen functional groups attached to an aromatic ring is 1. The average molecular weight is 281 g/mol. The van der Waals surface area contributed by atoms with E-state index >= 15 is 0 Å². The first-order valence-corrected chi connectivity index (χ1v) is 7.25. The molecule has 0 radical (unpaired) electrons. The number of rotatable bonds is 4. The number of anilines is 1. The van der Waals surface area contributed by atoms with Gasteiger partial charge in [0.25, 0.3) is 0 Å². The summed E-state index contributed by atoms with van der Waals surface area (Å²) in [6.07, 6.45) is 0.622. The molecule has 108 valence electrons. The van der Waals surface area contributed by atoms with Gasteiger partial charge in [-0.2, -0.15) is 0 Å². The first-order valence-electron chi connectivity index (χ1n) is 7.25. The Morgan fingerprint density at radius 1 is 1.05 bits per heavy atom. The molecule has 3 heteroatoms. The molecular weight excluding hydrogens is 262 g/mol. The number of carbonyl (C=O) groups is 1. The molecule has 1 aliphatic carbocycles. The number of nitrogens with two attached hydrogens (primary N) is 1. The van der Waals surface area contributed by atoms with Gasteiger partial charge in [-0.1, -0.05) is 49.4 Å². The van der Waals surface area contributed by atoms with Crippen LogP contribution in [0.2, 0.25) is 0 Å². The molecule has 0 amide bonds. The summed E-state index contributed by atoms with van der Waals surface area (Å²) in [6.45, 7) is 1.96. The normalized spacial score (nSPS) is 27.3. The van der Waals surface area contributed by atoms with Crippen LogP contribution in [-0.2, 0) is 4.79 Å². The van der Waals surface area contributed by atoms with Gasteiger partial charge in [0.2, 0.25) is 0 Å². The summed E-state index contributed by atoms with van der Waals surface area (Å²) < 4.78 is 0. The second kappa shape index (κ2) is 4.92. The Bertz CT molecular complexity index is 651. The van der Waals surface area contributed by atoms with Crippen molar-refractivity contribution in [2.45, 2.75) is 25.2 Å². The van der Waals surface area contributed by atoms with E-state index in [4.69, 9.17) is 5.73 Å². The summed E-state index contributed by atoms with van der Waals surface area (Å²) in [5.74, 6) is -0.659. The van der Waals surface area contributed by atoms with Crippen molar-refractivity contribution in [2.24, 2.45) is 5.41 Å². The monoisotopic (exact) mass is 281 g/mol. The lowest BCUT2D eigenvalue weighted by Gasteiger charge is -2.10. The van der Waals surface area contributed by atoms with E-state index in [0.717, 1.165) is 11.1 Å². The molecule has 3 unspecified atom stereocenters. The van der Waals surface area contributed by atoms with E-state index in [0.29, 0.717) is 12.1 Å². The molecule has 3 atom stereocenters.